The summed E-state index contributed by atoms with van der Waals surface area (Å²) in [6.07, 6.45) is 2.64. The van der Waals surface area contributed by atoms with Gasteiger partial charge in [-0.15, -0.1) is 0 Å². The Morgan fingerprint density at radius 2 is 2.11 bits per heavy atom. The number of aryl methyl sites for hydroxylation is 1. The van der Waals surface area contributed by atoms with Gasteiger partial charge in [-0.25, -0.2) is 23.4 Å². The van der Waals surface area contributed by atoms with Gasteiger partial charge in [0.2, 0.25) is 11.5 Å². The van der Waals surface area contributed by atoms with Gasteiger partial charge in [0, 0.05) is 25.2 Å². The Morgan fingerprint density at radius 3 is 2.71 bits per heavy atom. The molecule has 2 aromatic rings. The largest absolute Gasteiger partial charge is 0.477 e. The van der Waals surface area contributed by atoms with Crippen LogP contribution in [-0.4, -0.2) is 58.8 Å². The van der Waals surface area contributed by atoms with E-state index in [1.807, 2.05) is 20.8 Å². The van der Waals surface area contributed by atoms with Crippen molar-refractivity contribution in [3.05, 3.63) is 39.7 Å². The quantitative estimate of drug-likeness (QED) is 0.488. The SMILES string of the molecule is CCn1cc(C(=O)O)c(=O)c2cc(F)c(N3CC4CC(CN=C=O)OC4(OC(C)(C)C)C3)c(F)c21. The first-order chi connectivity index (χ1) is 16.4. The highest BCUT2D eigenvalue weighted by molar-refractivity contribution is 5.93. The number of benzene rings is 1. The molecule has 0 radical (unpaired) electrons. The second-order valence-corrected chi connectivity index (χ2v) is 9.89. The highest BCUT2D eigenvalue weighted by Gasteiger charge is 2.57. The fourth-order valence-corrected chi connectivity index (χ4v) is 5.15. The Kier molecular flexibility index (Phi) is 6.29. The van der Waals surface area contributed by atoms with E-state index in [9.17, 15) is 19.5 Å². The lowest BCUT2D eigenvalue weighted by molar-refractivity contribution is -0.267. The molecule has 1 N–H and O–H groups in total. The average Bonchev–Trinajstić information content (AvgIpc) is 3.23. The van der Waals surface area contributed by atoms with E-state index < -0.39 is 46.1 Å². The zero-order valence-corrected chi connectivity index (χ0v) is 19.9. The maximum atomic E-state index is 15.9. The number of carbonyl (C=O) groups excluding carboxylic acids is 1. The molecule has 0 aliphatic carbocycles. The summed E-state index contributed by atoms with van der Waals surface area (Å²) in [6, 6.07) is 0.891. The van der Waals surface area contributed by atoms with Crippen LogP contribution in [0.15, 0.2) is 22.1 Å². The first-order valence-corrected chi connectivity index (χ1v) is 11.4. The smallest absolute Gasteiger partial charge is 0.341 e. The molecule has 35 heavy (non-hydrogen) atoms. The molecule has 4 rings (SSSR count). The standard InChI is InChI=1S/C24H27F2N3O6/c1-5-28-10-16(22(32)33)21(31)15-7-17(25)20(18(26)19(15)28)29-9-13-6-14(8-27-12-30)34-24(13,11-29)35-23(2,3)4/h7,10,13-14H,5-6,8-9,11H2,1-4H3,(H,32,33). The number of aromatic carboxylic acids is 1. The summed E-state index contributed by atoms with van der Waals surface area (Å²) < 4.78 is 45.0. The predicted octanol–water partition coefficient (Wildman–Crippen LogP) is 3.07. The molecule has 9 nitrogen and oxygen atoms in total. The van der Waals surface area contributed by atoms with Gasteiger partial charge in [0.05, 0.1) is 35.7 Å². The van der Waals surface area contributed by atoms with Crippen LogP contribution in [0.5, 0.6) is 0 Å². The lowest BCUT2D eigenvalue weighted by atomic mass is 9.98. The van der Waals surface area contributed by atoms with Crippen LogP contribution in [-0.2, 0) is 20.8 Å². The lowest BCUT2D eigenvalue weighted by Gasteiger charge is -2.36. The van der Waals surface area contributed by atoms with Crippen LogP contribution in [0.1, 0.15) is 44.5 Å². The first-order valence-electron chi connectivity index (χ1n) is 11.4. The van der Waals surface area contributed by atoms with E-state index in [2.05, 4.69) is 4.99 Å². The number of hydrogen-bond donors (Lipinski definition) is 1. The second-order valence-electron chi connectivity index (χ2n) is 9.89. The lowest BCUT2D eigenvalue weighted by Crippen LogP contribution is -2.46. The van der Waals surface area contributed by atoms with Gasteiger partial charge in [0.1, 0.15) is 17.1 Å². The van der Waals surface area contributed by atoms with Crippen molar-refractivity contribution in [3.63, 3.8) is 0 Å². The number of nitrogens with zero attached hydrogens (tertiary/aromatic N) is 3. The van der Waals surface area contributed by atoms with Gasteiger partial charge in [-0.2, -0.15) is 0 Å². The summed E-state index contributed by atoms with van der Waals surface area (Å²) in [5, 5.41) is 9.00. The number of carbonyl (C=O) groups is 1. The molecule has 188 valence electrons. The van der Waals surface area contributed by atoms with Crippen molar-refractivity contribution in [2.24, 2.45) is 10.9 Å². The Hall–Kier alpha value is -3.14. The average molecular weight is 491 g/mol. The third-order valence-electron chi connectivity index (χ3n) is 6.34. The molecule has 3 heterocycles. The molecule has 2 fully saturated rings. The first kappa shape index (κ1) is 25.0. The highest BCUT2D eigenvalue weighted by atomic mass is 19.1. The van der Waals surface area contributed by atoms with E-state index >= 15 is 8.78 Å². The molecule has 0 bridgehead atoms. The predicted molar refractivity (Wildman–Crippen MR) is 123 cm³/mol. The topological polar surface area (TPSA) is 110 Å². The Bertz CT molecular complexity index is 1300. The van der Waals surface area contributed by atoms with E-state index in [1.165, 1.54) is 15.5 Å². The molecule has 0 saturated carbocycles. The molecule has 1 aromatic heterocycles. The minimum Gasteiger partial charge on any atom is -0.477 e. The van der Waals surface area contributed by atoms with Crippen molar-refractivity contribution in [3.8, 4) is 0 Å². The fourth-order valence-electron chi connectivity index (χ4n) is 5.15. The molecule has 1 aromatic carbocycles. The van der Waals surface area contributed by atoms with Crippen LogP contribution in [0.25, 0.3) is 10.9 Å². The fraction of sp³-hybridized carbons (Fsp3) is 0.542. The van der Waals surface area contributed by atoms with Crippen molar-refractivity contribution in [2.45, 2.75) is 58.2 Å². The van der Waals surface area contributed by atoms with Gasteiger partial charge >= 0.3 is 5.97 Å². The van der Waals surface area contributed by atoms with E-state index in [-0.39, 0.29) is 48.7 Å². The van der Waals surface area contributed by atoms with E-state index in [0.717, 1.165) is 12.3 Å². The van der Waals surface area contributed by atoms with Crippen molar-refractivity contribution in [1.82, 2.24) is 4.57 Å². The van der Waals surface area contributed by atoms with Crippen LogP contribution >= 0.6 is 0 Å². The van der Waals surface area contributed by atoms with Crippen LogP contribution in [0, 0.1) is 17.6 Å². The molecule has 3 unspecified atom stereocenters. The summed E-state index contributed by atoms with van der Waals surface area (Å²) in [7, 11) is 0. The van der Waals surface area contributed by atoms with Gasteiger partial charge in [-0.1, -0.05) is 0 Å². The molecule has 11 heteroatoms. The number of carboxylic acid groups (broad SMARTS) is 1. The van der Waals surface area contributed by atoms with Gasteiger partial charge in [-0.3, -0.25) is 4.79 Å². The van der Waals surface area contributed by atoms with Crippen LogP contribution in [0.4, 0.5) is 14.5 Å². The minimum atomic E-state index is -1.47. The van der Waals surface area contributed by atoms with Crippen LogP contribution < -0.4 is 10.3 Å². The number of aliphatic imine (C=N–C) groups is 1. The molecule has 3 atom stereocenters. The number of fused-ring (bicyclic) bond motifs is 2. The molecular weight excluding hydrogens is 464 g/mol. The van der Waals surface area contributed by atoms with E-state index in [4.69, 9.17) is 9.47 Å². The van der Waals surface area contributed by atoms with Crippen molar-refractivity contribution in [2.75, 3.05) is 24.5 Å². The normalized spacial score (nSPS) is 24.0. The Balaban J connectivity index is 1.80. The third-order valence-corrected chi connectivity index (χ3v) is 6.34. The van der Waals surface area contributed by atoms with Crippen molar-refractivity contribution >= 4 is 28.6 Å². The highest BCUT2D eigenvalue weighted by Crippen LogP contribution is 2.47. The number of aromatic nitrogens is 1. The Morgan fingerprint density at radius 1 is 1.40 bits per heavy atom. The summed E-state index contributed by atoms with van der Waals surface area (Å²) in [6.45, 7) is 7.71. The van der Waals surface area contributed by atoms with E-state index in [1.54, 1.807) is 6.92 Å². The van der Waals surface area contributed by atoms with Crippen molar-refractivity contribution in [1.29, 1.82) is 0 Å². The minimum absolute atomic E-state index is 0.0130. The number of hydrogen-bond acceptors (Lipinski definition) is 7. The summed E-state index contributed by atoms with van der Waals surface area (Å²) in [5.74, 6) is -4.84. The molecule has 0 spiro atoms. The summed E-state index contributed by atoms with van der Waals surface area (Å²) in [4.78, 5) is 39.8. The number of isocyanates is 1. The number of anilines is 1. The van der Waals surface area contributed by atoms with Crippen LogP contribution in [0.2, 0.25) is 0 Å². The number of halogens is 2. The number of rotatable bonds is 6. The van der Waals surface area contributed by atoms with E-state index in [0.29, 0.717) is 6.42 Å². The zero-order valence-electron chi connectivity index (χ0n) is 19.9. The number of ether oxygens (including phenoxy) is 2. The molecule has 2 saturated heterocycles. The van der Waals surface area contributed by atoms with Gasteiger partial charge in [0.25, 0.3) is 0 Å². The maximum absolute atomic E-state index is 15.9. The van der Waals surface area contributed by atoms with Gasteiger partial charge in [-0.05, 0) is 40.2 Å². The third kappa shape index (κ3) is 4.35. The second kappa shape index (κ2) is 8.82. The van der Waals surface area contributed by atoms with Crippen molar-refractivity contribution < 1.29 is 33.0 Å². The maximum Gasteiger partial charge on any atom is 0.341 e. The Labute approximate surface area is 199 Å². The summed E-state index contributed by atoms with van der Waals surface area (Å²) in [5.41, 5.74) is -2.64. The van der Waals surface area contributed by atoms with Gasteiger partial charge in [0.15, 0.2) is 11.6 Å². The number of pyridine rings is 1. The summed E-state index contributed by atoms with van der Waals surface area (Å²) >= 11 is 0. The monoisotopic (exact) mass is 491 g/mol. The number of carboxylic acids is 1. The molecule has 2 aliphatic heterocycles. The molecule has 0 amide bonds. The molecule has 2 aliphatic rings. The van der Waals surface area contributed by atoms with Crippen LogP contribution in [0.3, 0.4) is 0 Å². The zero-order chi connectivity index (χ0) is 25.7. The molecular formula is C24H27F2N3O6. The van der Waals surface area contributed by atoms with Gasteiger partial charge < -0.3 is 24.0 Å².